The van der Waals surface area contributed by atoms with Crippen molar-refractivity contribution in [3.05, 3.63) is 65.2 Å². The van der Waals surface area contributed by atoms with Gasteiger partial charge in [-0.15, -0.1) is 0 Å². The second-order valence-corrected chi connectivity index (χ2v) is 10.2. The lowest BCUT2D eigenvalue weighted by molar-refractivity contribution is 0.123. The van der Waals surface area contributed by atoms with E-state index in [4.69, 9.17) is 13.3 Å². The summed E-state index contributed by atoms with van der Waals surface area (Å²) >= 11 is 0. The SMILES string of the molecule is CO[Si](CCCc1ccc(O)c(CN[C@H](C)[C@@H](O)c2ccccc2)c1)(OC)OC. The van der Waals surface area contributed by atoms with Crippen LogP contribution in [-0.2, 0) is 26.2 Å². The zero-order valence-electron chi connectivity index (χ0n) is 17.7. The average Bonchev–Trinajstić information content (AvgIpc) is 2.77. The highest BCUT2D eigenvalue weighted by molar-refractivity contribution is 6.60. The molecular weight excluding hydrogens is 386 g/mol. The third-order valence-electron chi connectivity index (χ3n) is 5.25. The van der Waals surface area contributed by atoms with Crippen molar-refractivity contribution in [2.24, 2.45) is 0 Å². The lowest BCUT2D eigenvalue weighted by Crippen LogP contribution is -2.42. The van der Waals surface area contributed by atoms with Crippen molar-refractivity contribution in [1.82, 2.24) is 5.32 Å². The van der Waals surface area contributed by atoms with Crippen molar-refractivity contribution in [2.75, 3.05) is 21.3 Å². The van der Waals surface area contributed by atoms with Crippen LogP contribution in [0.2, 0.25) is 6.04 Å². The number of aromatic hydroxyl groups is 1. The number of phenols is 1. The van der Waals surface area contributed by atoms with Crippen LogP contribution >= 0.6 is 0 Å². The van der Waals surface area contributed by atoms with E-state index in [1.807, 2.05) is 49.4 Å². The van der Waals surface area contributed by atoms with E-state index in [9.17, 15) is 10.2 Å². The Morgan fingerprint density at radius 2 is 1.66 bits per heavy atom. The van der Waals surface area contributed by atoms with Crippen molar-refractivity contribution >= 4 is 8.80 Å². The van der Waals surface area contributed by atoms with Crippen molar-refractivity contribution in [3.8, 4) is 5.75 Å². The highest BCUT2D eigenvalue weighted by Gasteiger charge is 2.36. The molecule has 0 unspecified atom stereocenters. The molecular formula is C22H33NO5Si. The van der Waals surface area contributed by atoms with Gasteiger partial charge in [0.25, 0.3) is 0 Å². The minimum atomic E-state index is -2.56. The molecule has 0 saturated heterocycles. The largest absolute Gasteiger partial charge is 0.508 e. The van der Waals surface area contributed by atoms with Gasteiger partial charge in [0.2, 0.25) is 0 Å². The normalized spacial score (nSPS) is 14.0. The smallest absolute Gasteiger partial charge is 0.500 e. The van der Waals surface area contributed by atoms with Gasteiger partial charge in [-0.2, -0.15) is 0 Å². The van der Waals surface area contributed by atoms with Crippen LogP contribution in [0.4, 0.5) is 0 Å². The molecule has 2 aromatic rings. The minimum absolute atomic E-state index is 0.155. The fourth-order valence-corrected chi connectivity index (χ4v) is 5.04. The Labute approximate surface area is 174 Å². The zero-order valence-corrected chi connectivity index (χ0v) is 18.7. The van der Waals surface area contributed by atoms with Gasteiger partial charge >= 0.3 is 8.80 Å². The third-order valence-corrected chi connectivity index (χ3v) is 8.09. The molecule has 0 aliphatic heterocycles. The number of aliphatic hydroxyl groups is 1. The van der Waals surface area contributed by atoms with Crippen LogP contribution in [0.15, 0.2) is 48.5 Å². The van der Waals surface area contributed by atoms with Gasteiger partial charge in [0.1, 0.15) is 5.75 Å². The number of benzene rings is 2. The topological polar surface area (TPSA) is 80.2 Å². The maximum atomic E-state index is 10.5. The number of aliphatic hydroxyl groups excluding tert-OH is 1. The van der Waals surface area contributed by atoms with E-state index in [-0.39, 0.29) is 11.8 Å². The zero-order chi connectivity index (χ0) is 21.3. The summed E-state index contributed by atoms with van der Waals surface area (Å²) in [5, 5.41) is 24.0. The summed E-state index contributed by atoms with van der Waals surface area (Å²) in [4.78, 5) is 0. The summed E-state index contributed by atoms with van der Waals surface area (Å²) in [6, 6.07) is 15.8. The molecule has 0 aromatic heterocycles. The molecule has 2 aromatic carbocycles. The van der Waals surface area contributed by atoms with Crippen LogP contribution in [0.25, 0.3) is 0 Å². The fraction of sp³-hybridized carbons (Fsp3) is 0.455. The van der Waals surface area contributed by atoms with Crippen molar-refractivity contribution in [1.29, 1.82) is 0 Å². The highest BCUT2D eigenvalue weighted by Crippen LogP contribution is 2.23. The van der Waals surface area contributed by atoms with Gasteiger partial charge in [0, 0.05) is 45.5 Å². The molecule has 2 atom stereocenters. The lowest BCUT2D eigenvalue weighted by atomic mass is 10.0. The van der Waals surface area contributed by atoms with Gasteiger partial charge in [-0.25, -0.2) is 0 Å². The Morgan fingerprint density at radius 3 is 2.28 bits per heavy atom. The summed E-state index contributed by atoms with van der Waals surface area (Å²) in [6.07, 6.45) is 1.08. The van der Waals surface area contributed by atoms with E-state index >= 15 is 0 Å². The van der Waals surface area contributed by atoms with Crippen LogP contribution in [0.5, 0.6) is 5.75 Å². The molecule has 0 aliphatic carbocycles. The molecule has 3 N–H and O–H groups in total. The first kappa shape index (κ1) is 23.5. The van der Waals surface area contributed by atoms with Crippen LogP contribution in [0.1, 0.15) is 36.1 Å². The predicted octanol–water partition coefficient (Wildman–Crippen LogP) is 3.41. The van der Waals surface area contributed by atoms with Gasteiger partial charge in [-0.05, 0) is 37.0 Å². The first-order chi connectivity index (χ1) is 13.9. The van der Waals surface area contributed by atoms with E-state index in [1.54, 1.807) is 27.4 Å². The Bertz CT molecular complexity index is 731. The van der Waals surface area contributed by atoms with Crippen LogP contribution in [0, 0.1) is 0 Å². The molecule has 7 heteroatoms. The predicted molar refractivity (Wildman–Crippen MR) is 116 cm³/mol. The van der Waals surface area contributed by atoms with Gasteiger partial charge in [-0.1, -0.05) is 42.5 Å². The van der Waals surface area contributed by atoms with Gasteiger partial charge < -0.3 is 28.8 Å². The van der Waals surface area contributed by atoms with Crippen molar-refractivity contribution < 1.29 is 23.5 Å². The maximum Gasteiger partial charge on any atom is 0.500 e. The molecule has 0 fully saturated rings. The Hall–Kier alpha value is -1.74. The van der Waals surface area contributed by atoms with E-state index in [0.29, 0.717) is 6.54 Å². The van der Waals surface area contributed by atoms with Crippen LogP contribution < -0.4 is 5.32 Å². The molecule has 0 bridgehead atoms. The first-order valence-corrected chi connectivity index (χ1v) is 11.8. The van der Waals surface area contributed by atoms with E-state index in [0.717, 1.165) is 35.6 Å². The van der Waals surface area contributed by atoms with E-state index < -0.39 is 14.9 Å². The summed E-state index contributed by atoms with van der Waals surface area (Å²) in [5.74, 6) is 0.247. The summed E-state index contributed by atoms with van der Waals surface area (Å²) < 4.78 is 16.4. The number of phenolic OH excluding ortho intramolecular Hbond substituents is 1. The van der Waals surface area contributed by atoms with Gasteiger partial charge in [0.15, 0.2) is 0 Å². The first-order valence-electron chi connectivity index (χ1n) is 9.87. The quantitative estimate of drug-likeness (QED) is 0.458. The Balaban J connectivity index is 1.93. The standard InChI is InChI=1S/C22H33NO5Si/c1-17(22(25)19-10-6-5-7-11-19)23-16-20-15-18(12-13-21(20)24)9-8-14-29(26-2,27-3)28-4/h5-7,10-13,15,17,22-25H,8-9,14,16H2,1-4H3/t17-,22-/m1/s1. The van der Waals surface area contributed by atoms with Gasteiger partial charge in [-0.3, -0.25) is 0 Å². The van der Waals surface area contributed by atoms with Crippen molar-refractivity contribution in [2.45, 2.75) is 44.5 Å². The lowest BCUT2D eigenvalue weighted by Gasteiger charge is -2.24. The summed E-state index contributed by atoms with van der Waals surface area (Å²) in [5.41, 5.74) is 2.80. The Kier molecular flexibility index (Phi) is 9.29. The molecule has 0 aliphatic rings. The number of hydrogen-bond donors (Lipinski definition) is 3. The number of rotatable bonds is 12. The van der Waals surface area contributed by atoms with Crippen LogP contribution in [0.3, 0.4) is 0 Å². The molecule has 0 spiro atoms. The highest BCUT2D eigenvalue weighted by atomic mass is 28.4. The molecule has 0 radical (unpaired) electrons. The molecule has 6 nitrogen and oxygen atoms in total. The van der Waals surface area contributed by atoms with Gasteiger partial charge in [0.05, 0.1) is 6.10 Å². The van der Waals surface area contributed by atoms with E-state index in [1.165, 1.54) is 0 Å². The fourth-order valence-electron chi connectivity index (χ4n) is 3.32. The molecule has 160 valence electrons. The molecule has 0 heterocycles. The molecule has 2 rings (SSSR count). The minimum Gasteiger partial charge on any atom is -0.508 e. The third kappa shape index (κ3) is 6.63. The summed E-state index contributed by atoms with van der Waals surface area (Å²) in [7, 11) is 2.30. The molecule has 0 amide bonds. The van der Waals surface area contributed by atoms with E-state index in [2.05, 4.69) is 5.32 Å². The number of aryl methyl sites for hydroxylation is 1. The Morgan fingerprint density at radius 1 is 1.00 bits per heavy atom. The number of nitrogens with one attached hydrogen (secondary N) is 1. The molecule has 29 heavy (non-hydrogen) atoms. The maximum absolute atomic E-state index is 10.5. The van der Waals surface area contributed by atoms with Crippen molar-refractivity contribution in [3.63, 3.8) is 0 Å². The van der Waals surface area contributed by atoms with Crippen LogP contribution in [-0.4, -0.2) is 46.4 Å². The molecule has 0 saturated carbocycles. The average molecular weight is 420 g/mol. The number of hydrogen-bond acceptors (Lipinski definition) is 6. The monoisotopic (exact) mass is 419 g/mol. The second-order valence-electron chi connectivity index (χ2n) is 7.14. The summed E-state index contributed by atoms with van der Waals surface area (Å²) in [6.45, 7) is 2.40. The second kappa shape index (κ2) is 11.4.